The molecule has 0 bridgehead atoms. The molecule has 0 aromatic carbocycles. The monoisotopic (exact) mass is 437 g/mol. The van der Waals surface area contributed by atoms with Gasteiger partial charge in [-0.05, 0) is 50.3 Å². The molecule has 0 aliphatic heterocycles. The smallest absolute Gasteiger partial charge is 0.269 e. The van der Waals surface area contributed by atoms with E-state index in [4.69, 9.17) is 21.5 Å². The molecular weight excluding hydrogens is 410 g/mol. The van der Waals surface area contributed by atoms with E-state index in [2.05, 4.69) is 10.3 Å². The summed E-state index contributed by atoms with van der Waals surface area (Å²) in [6, 6.07) is 0.746. The van der Waals surface area contributed by atoms with Crippen LogP contribution in [-0.4, -0.2) is 51.0 Å². The van der Waals surface area contributed by atoms with E-state index >= 15 is 0 Å². The zero-order chi connectivity index (χ0) is 19.7. The van der Waals surface area contributed by atoms with Crippen molar-refractivity contribution in [3.05, 3.63) is 23.0 Å². The van der Waals surface area contributed by atoms with Gasteiger partial charge in [0.2, 0.25) is 0 Å². The number of nitrogens with two attached hydrogens (primary N) is 2. The Bertz CT molecular complexity index is 880. The second kappa shape index (κ2) is 9.42. The minimum atomic E-state index is -0.462. The fraction of sp³-hybridized carbons (Fsp3) is 0.579. The summed E-state index contributed by atoms with van der Waals surface area (Å²) in [5, 5.41) is 8.93. The van der Waals surface area contributed by atoms with Crippen LogP contribution in [0.15, 0.2) is 11.4 Å². The number of carbonyl (C=O) groups is 1. The van der Waals surface area contributed by atoms with Crippen LogP contribution in [0.5, 0.6) is 0 Å². The molecule has 2 aliphatic carbocycles. The van der Waals surface area contributed by atoms with Crippen LogP contribution < -0.4 is 16.8 Å². The molecule has 2 aromatic heterocycles. The fourth-order valence-corrected chi connectivity index (χ4v) is 4.71. The highest BCUT2D eigenvalue weighted by atomic mass is 35.5. The van der Waals surface area contributed by atoms with Gasteiger partial charge in [0, 0.05) is 30.9 Å². The molecule has 0 saturated heterocycles. The number of halogens is 1. The van der Waals surface area contributed by atoms with Gasteiger partial charge in [0.05, 0.1) is 17.4 Å². The van der Waals surface area contributed by atoms with Gasteiger partial charge in [0.15, 0.2) is 10.9 Å². The highest BCUT2D eigenvalue weighted by Crippen LogP contribution is 2.39. The Hall–Kier alpha value is -1.68. The van der Waals surface area contributed by atoms with Crippen LogP contribution in [-0.2, 0) is 12.8 Å². The van der Waals surface area contributed by atoms with Crippen LogP contribution >= 0.6 is 24.2 Å². The number of nitrogens with zero attached hydrogens (tertiary/aromatic N) is 4. The van der Waals surface area contributed by atoms with Crippen LogP contribution in [0.3, 0.4) is 0 Å². The van der Waals surface area contributed by atoms with Gasteiger partial charge in [0.25, 0.3) is 5.91 Å². The third-order valence-corrected chi connectivity index (χ3v) is 6.32. The van der Waals surface area contributed by atoms with E-state index in [1.54, 1.807) is 0 Å². The Morgan fingerprint density at radius 1 is 1.31 bits per heavy atom. The largest absolute Gasteiger partial charge is 0.364 e. The highest BCUT2D eigenvalue weighted by molar-refractivity contribution is 7.98. The van der Waals surface area contributed by atoms with Crippen LogP contribution in [0.4, 0.5) is 0 Å². The van der Waals surface area contributed by atoms with E-state index in [9.17, 15) is 4.79 Å². The van der Waals surface area contributed by atoms with Crippen molar-refractivity contribution in [1.82, 2.24) is 25.1 Å². The Morgan fingerprint density at radius 3 is 2.72 bits per heavy atom. The summed E-state index contributed by atoms with van der Waals surface area (Å²) in [4.78, 5) is 21.2. The van der Waals surface area contributed by atoms with Crippen molar-refractivity contribution < 1.29 is 4.79 Å². The average Bonchev–Trinajstić information content (AvgIpc) is 3.12. The van der Waals surface area contributed by atoms with Crippen molar-refractivity contribution in [2.45, 2.75) is 55.8 Å². The molecule has 1 saturated carbocycles. The topological polar surface area (TPSA) is 125 Å². The van der Waals surface area contributed by atoms with Gasteiger partial charge in [-0.25, -0.2) is 9.97 Å². The fourth-order valence-electron chi connectivity index (χ4n) is 4.37. The molecule has 1 fully saturated rings. The first-order valence-corrected chi connectivity index (χ1v) is 11.1. The molecule has 5 N–H and O–H groups in total. The third kappa shape index (κ3) is 4.28. The Balaban J connectivity index is 0.00000240. The molecule has 10 heteroatoms. The standard InChI is InChI=1S/C19H27N7OS.ClH/c1-28-19-23-10-11-2-7-14-16(18(21)27)25-26(17(14)15(11)24-19)13-5-3-12(4-6-13)22-9-8-20;/h10,12-13,22H,2-9,20H2,1H3,(H2,21,27);1H. The molecule has 158 valence electrons. The molecule has 8 nitrogen and oxygen atoms in total. The molecule has 0 spiro atoms. The lowest BCUT2D eigenvalue weighted by atomic mass is 9.89. The molecule has 2 aliphatic rings. The highest BCUT2D eigenvalue weighted by Gasteiger charge is 2.33. The minimum Gasteiger partial charge on any atom is -0.364 e. The van der Waals surface area contributed by atoms with E-state index in [0.717, 1.165) is 72.7 Å². The number of aromatic nitrogens is 4. The normalized spacial score (nSPS) is 20.5. The summed E-state index contributed by atoms with van der Waals surface area (Å²) in [6.45, 7) is 1.50. The number of aryl methyl sites for hydroxylation is 1. The Morgan fingerprint density at radius 2 is 2.07 bits per heavy atom. The number of hydrogen-bond donors (Lipinski definition) is 3. The number of carbonyl (C=O) groups excluding carboxylic acids is 1. The van der Waals surface area contributed by atoms with Crippen molar-refractivity contribution in [1.29, 1.82) is 0 Å². The van der Waals surface area contributed by atoms with E-state index in [1.165, 1.54) is 11.8 Å². The van der Waals surface area contributed by atoms with E-state index < -0.39 is 5.91 Å². The Kier molecular flexibility index (Phi) is 7.15. The predicted octanol–water partition coefficient (Wildman–Crippen LogP) is 1.71. The van der Waals surface area contributed by atoms with Crippen molar-refractivity contribution in [3.63, 3.8) is 0 Å². The minimum absolute atomic E-state index is 0. The molecule has 0 radical (unpaired) electrons. The predicted molar refractivity (Wildman–Crippen MR) is 117 cm³/mol. The summed E-state index contributed by atoms with van der Waals surface area (Å²) >= 11 is 1.52. The number of nitrogens with one attached hydrogen (secondary N) is 1. The van der Waals surface area contributed by atoms with E-state index in [0.29, 0.717) is 18.3 Å². The van der Waals surface area contributed by atoms with Gasteiger partial charge >= 0.3 is 0 Å². The number of thioether (sulfide) groups is 1. The summed E-state index contributed by atoms with van der Waals surface area (Å²) in [6.07, 6.45) is 9.57. The third-order valence-electron chi connectivity index (χ3n) is 5.76. The SMILES string of the molecule is CSc1ncc2c(n1)-c1c(c(C(N)=O)nn1C1CCC(NCCN)CC1)CC2.Cl. The zero-order valence-electron chi connectivity index (χ0n) is 16.6. The first-order valence-electron chi connectivity index (χ1n) is 9.87. The lowest BCUT2D eigenvalue weighted by Crippen LogP contribution is -2.37. The van der Waals surface area contributed by atoms with Crippen molar-refractivity contribution in [3.8, 4) is 11.4 Å². The molecular formula is C19H28ClN7OS. The molecule has 0 atom stereocenters. The molecule has 4 rings (SSSR count). The lowest BCUT2D eigenvalue weighted by Gasteiger charge is -2.31. The molecule has 29 heavy (non-hydrogen) atoms. The maximum atomic E-state index is 12.1. The summed E-state index contributed by atoms with van der Waals surface area (Å²) in [5.41, 5.74) is 15.6. The van der Waals surface area contributed by atoms with Crippen LogP contribution in [0.2, 0.25) is 0 Å². The van der Waals surface area contributed by atoms with Gasteiger partial charge in [-0.1, -0.05) is 11.8 Å². The van der Waals surface area contributed by atoms with Gasteiger partial charge in [-0.15, -0.1) is 12.4 Å². The van der Waals surface area contributed by atoms with Crippen LogP contribution in [0.25, 0.3) is 11.4 Å². The van der Waals surface area contributed by atoms with E-state index in [1.807, 2.05) is 17.1 Å². The Labute approximate surface area is 181 Å². The van der Waals surface area contributed by atoms with Crippen molar-refractivity contribution in [2.24, 2.45) is 11.5 Å². The van der Waals surface area contributed by atoms with Gasteiger partial charge < -0.3 is 16.8 Å². The second-order valence-electron chi connectivity index (χ2n) is 7.46. The van der Waals surface area contributed by atoms with Gasteiger partial charge in [-0.2, -0.15) is 5.10 Å². The maximum Gasteiger partial charge on any atom is 0.269 e. The van der Waals surface area contributed by atoms with Crippen molar-refractivity contribution in [2.75, 3.05) is 19.3 Å². The first-order chi connectivity index (χ1) is 13.6. The van der Waals surface area contributed by atoms with Crippen LogP contribution in [0, 0.1) is 0 Å². The molecule has 0 unspecified atom stereocenters. The molecule has 2 heterocycles. The summed E-state index contributed by atoms with van der Waals surface area (Å²) < 4.78 is 2.03. The molecule has 2 aromatic rings. The second-order valence-corrected chi connectivity index (χ2v) is 8.24. The number of amides is 1. The lowest BCUT2D eigenvalue weighted by molar-refractivity contribution is 0.0993. The number of fused-ring (bicyclic) bond motifs is 3. The summed E-state index contributed by atoms with van der Waals surface area (Å²) in [7, 11) is 0. The number of primary amides is 1. The number of hydrogen-bond acceptors (Lipinski definition) is 7. The zero-order valence-corrected chi connectivity index (χ0v) is 18.2. The van der Waals surface area contributed by atoms with E-state index in [-0.39, 0.29) is 18.4 Å². The quantitative estimate of drug-likeness (QED) is 0.464. The van der Waals surface area contributed by atoms with Gasteiger partial charge in [-0.3, -0.25) is 9.48 Å². The van der Waals surface area contributed by atoms with Crippen molar-refractivity contribution >= 4 is 30.1 Å². The van der Waals surface area contributed by atoms with Gasteiger partial charge in [0.1, 0.15) is 0 Å². The first kappa shape index (κ1) is 22.0. The maximum absolute atomic E-state index is 12.1. The number of rotatable bonds is 6. The summed E-state index contributed by atoms with van der Waals surface area (Å²) in [5.74, 6) is -0.462. The van der Waals surface area contributed by atoms with Crippen LogP contribution in [0.1, 0.15) is 53.3 Å². The average molecular weight is 438 g/mol. The molecule has 1 amide bonds.